The molecule has 32 heavy (non-hydrogen) atoms. The van der Waals surface area contributed by atoms with Crippen molar-refractivity contribution in [3.05, 3.63) is 96.1 Å². The summed E-state index contributed by atoms with van der Waals surface area (Å²) in [5, 5.41) is 2.74. The van der Waals surface area contributed by atoms with E-state index in [1.54, 1.807) is 19.1 Å². The van der Waals surface area contributed by atoms with Crippen molar-refractivity contribution in [3.63, 3.8) is 0 Å². The molecule has 6 heteroatoms. The van der Waals surface area contributed by atoms with Crippen LogP contribution in [-0.4, -0.2) is 42.7 Å². The van der Waals surface area contributed by atoms with E-state index in [4.69, 9.17) is 4.74 Å². The van der Waals surface area contributed by atoms with E-state index in [1.165, 1.54) is 11.8 Å². The highest BCUT2D eigenvalue weighted by Crippen LogP contribution is 2.22. The average Bonchev–Trinajstić information content (AvgIpc) is 2.85. The first kappa shape index (κ1) is 23.4. The largest absolute Gasteiger partial charge is 0.497 e. The zero-order chi connectivity index (χ0) is 22.8. The summed E-state index contributed by atoms with van der Waals surface area (Å²) >= 11 is 1.47. The average molecular weight is 449 g/mol. The molecule has 0 aromatic heterocycles. The number of hydrogen-bond acceptors (Lipinski definition) is 4. The lowest BCUT2D eigenvalue weighted by molar-refractivity contribution is -0.139. The molecule has 0 bridgehead atoms. The first-order chi connectivity index (χ1) is 15.6. The fourth-order valence-corrected chi connectivity index (χ4v) is 4.24. The number of nitrogens with one attached hydrogen (secondary N) is 1. The summed E-state index contributed by atoms with van der Waals surface area (Å²) < 4.78 is 5.34. The van der Waals surface area contributed by atoms with Gasteiger partial charge in [0.1, 0.15) is 11.8 Å². The number of hydrogen-bond donors (Lipinski definition) is 1. The maximum atomic E-state index is 13.4. The van der Waals surface area contributed by atoms with Gasteiger partial charge in [-0.3, -0.25) is 9.59 Å². The van der Waals surface area contributed by atoms with Crippen LogP contribution in [-0.2, 0) is 22.6 Å². The second kappa shape index (κ2) is 12.0. The second-order valence-electron chi connectivity index (χ2n) is 7.29. The zero-order valence-electron chi connectivity index (χ0n) is 18.4. The summed E-state index contributed by atoms with van der Waals surface area (Å²) in [6.07, 6.45) is 0.437. The maximum absolute atomic E-state index is 13.4. The molecular weight excluding hydrogens is 420 g/mol. The Kier molecular flexibility index (Phi) is 8.75. The first-order valence-corrected chi connectivity index (χ1v) is 11.4. The summed E-state index contributed by atoms with van der Waals surface area (Å²) in [4.78, 5) is 29.0. The zero-order valence-corrected chi connectivity index (χ0v) is 19.2. The van der Waals surface area contributed by atoms with Crippen LogP contribution in [0.2, 0.25) is 0 Å². The molecule has 2 amide bonds. The second-order valence-corrected chi connectivity index (χ2v) is 8.34. The van der Waals surface area contributed by atoms with Gasteiger partial charge in [0.15, 0.2) is 0 Å². The number of amides is 2. The van der Waals surface area contributed by atoms with Crippen molar-refractivity contribution in [1.82, 2.24) is 10.2 Å². The van der Waals surface area contributed by atoms with Crippen molar-refractivity contribution in [2.75, 3.05) is 19.9 Å². The minimum Gasteiger partial charge on any atom is -0.497 e. The third kappa shape index (κ3) is 6.62. The number of carbonyl (C=O) groups excluding carboxylic acids is 2. The van der Waals surface area contributed by atoms with Crippen molar-refractivity contribution >= 4 is 23.6 Å². The Morgan fingerprint density at radius 1 is 0.938 bits per heavy atom. The Morgan fingerprint density at radius 3 is 2.25 bits per heavy atom. The van der Waals surface area contributed by atoms with Crippen LogP contribution in [0.4, 0.5) is 0 Å². The van der Waals surface area contributed by atoms with Crippen LogP contribution in [0, 0.1) is 0 Å². The van der Waals surface area contributed by atoms with Gasteiger partial charge in [0.25, 0.3) is 0 Å². The molecule has 3 aromatic carbocycles. The molecule has 1 N–H and O–H groups in total. The number of rotatable bonds is 10. The minimum atomic E-state index is -0.627. The number of methoxy groups -OCH3 is 1. The monoisotopic (exact) mass is 448 g/mol. The van der Waals surface area contributed by atoms with Crippen molar-refractivity contribution < 1.29 is 14.3 Å². The van der Waals surface area contributed by atoms with Crippen LogP contribution in [0.15, 0.2) is 89.8 Å². The molecule has 0 fully saturated rings. The fourth-order valence-electron chi connectivity index (χ4n) is 3.43. The Balaban J connectivity index is 1.88. The molecule has 0 saturated carbocycles. The summed E-state index contributed by atoms with van der Waals surface area (Å²) in [6, 6.07) is 26.5. The van der Waals surface area contributed by atoms with E-state index in [0.29, 0.717) is 18.7 Å². The van der Waals surface area contributed by atoms with Gasteiger partial charge in [-0.05, 0) is 35.4 Å². The van der Waals surface area contributed by atoms with Gasteiger partial charge in [0.2, 0.25) is 11.8 Å². The lowest BCUT2D eigenvalue weighted by atomic mass is 10.0. The van der Waals surface area contributed by atoms with Crippen LogP contribution >= 0.6 is 11.8 Å². The molecule has 0 aliphatic heterocycles. The molecule has 166 valence electrons. The highest BCUT2D eigenvalue weighted by molar-refractivity contribution is 8.00. The molecule has 3 aromatic rings. The fraction of sp³-hybridized carbons (Fsp3) is 0.231. The summed E-state index contributed by atoms with van der Waals surface area (Å²) in [5.74, 6) is 0.685. The predicted octanol–water partition coefficient (Wildman–Crippen LogP) is 4.17. The predicted molar refractivity (Wildman–Crippen MR) is 129 cm³/mol. The summed E-state index contributed by atoms with van der Waals surface area (Å²) in [7, 11) is 3.22. The van der Waals surface area contributed by atoms with Gasteiger partial charge in [0.05, 0.1) is 12.9 Å². The molecule has 0 spiro atoms. The van der Waals surface area contributed by atoms with E-state index in [0.717, 1.165) is 16.0 Å². The molecule has 0 unspecified atom stereocenters. The number of nitrogens with zero attached hydrogens (tertiary/aromatic N) is 1. The van der Waals surface area contributed by atoms with Gasteiger partial charge in [-0.15, -0.1) is 11.8 Å². The van der Waals surface area contributed by atoms with Crippen molar-refractivity contribution in [2.24, 2.45) is 0 Å². The number of ether oxygens (including phenoxy) is 1. The van der Waals surface area contributed by atoms with Crippen molar-refractivity contribution in [2.45, 2.75) is 23.9 Å². The minimum absolute atomic E-state index is 0.0915. The van der Waals surface area contributed by atoms with Gasteiger partial charge < -0.3 is 15.0 Å². The molecule has 0 heterocycles. The van der Waals surface area contributed by atoms with E-state index >= 15 is 0 Å². The quantitative estimate of drug-likeness (QED) is 0.473. The Labute approximate surface area is 193 Å². The van der Waals surface area contributed by atoms with Crippen molar-refractivity contribution in [1.29, 1.82) is 0 Å². The Morgan fingerprint density at radius 2 is 1.59 bits per heavy atom. The molecule has 0 radical (unpaired) electrons. The normalized spacial score (nSPS) is 11.4. The van der Waals surface area contributed by atoms with Gasteiger partial charge in [-0.25, -0.2) is 0 Å². The van der Waals surface area contributed by atoms with E-state index < -0.39 is 6.04 Å². The first-order valence-electron chi connectivity index (χ1n) is 10.5. The standard InChI is InChI=1S/C26H28N2O3S/c1-27-26(30)24(17-20-10-5-3-6-11-20)28(18-21-12-9-13-22(16-21)31-2)25(29)19-32-23-14-7-4-8-15-23/h3-16,24H,17-19H2,1-2H3,(H,27,30)/t24-/m0/s1. The van der Waals surface area contributed by atoms with E-state index in [1.807, 2.05) is 84.9 Å². The number of likely N-dealkylation sites (N-methyl/N-ethyl adjacent to an activating group) is 1. The maximum Gasteiger partial charge on any atom is 0.242 e. The SMILES string of the molecule is CNC(=O)[C@H](Cc1ccccc1)N(Cc1cccc(OC)c1)C(=O)CSc1ccccc1. The van der Waals surface area contributed by atoms with E-state index in [2.05, 4.69) is 5.32 Å². The third-order valence-electron chi connectivity index (χ3n) is 5.11. The smallest absolute Gasteiger partial charge is 0.242 e. The molecular formula is C26H28N2O3S. The summed E-state index contributed by atoms with van der Waals surface area (Å²) in [5.41, 5.74) is 1.91. The Hall–Kier alpha value is -3.25. The van der Waals surface area contributed by atoms with Crippen LogP contribution in [0.25, 0.3) is 0 Å². The van der Waals surface area contributed by atoms with Crippen LogP contribution in [0.3, 0.4) is 0 Å². The molecule has 3 rings (SSSR count). The lowest BCUT2D eigenvalue weighted by Gasteiger charge is -2.31. The van der Waals surface area contributed by atoms with Crippen LogP contribution in [0.1, 0.15) is 11.1 Å². The Bertz CT molecular complexity index is 1010. The number of thioether (sulfide) groups is 1. The van der Waals surface area contributed by atoms with Crippen molar-refractivity contribution in [3.8, 4) is 5.75 Å². The number of benzene rings is 3. The number of carbonyl (C=O) groups is 2. The van der Waals surface area contributed by atoms with Gasteiger partial charge in [-0.2, -0.15) is 0 Å². The highest BCUT2D eigenvalue weighted by atomic mass is 32.2. The van der Waals surface area contributed by atoms with Crippen LogP contribution < -0.4 is 10.1 Å². The van der Waals surface area contributed by atoms with E-state index in [9.17, 15) is 9.59 Å². The third-order valence-corrected chi connectivity index (χ3v) is 6.11. The topological polar surface area (TPSA) is 58.6 Å². The molecule has 0 saturated heterocycles. The lowest BCUT2D eigenvalue weighted by Crippen LogP contribution is -2.50. The van der Waals surface area contributed by atoms with Gasteiger partial charge in [0, 0.05) is 24.9 Å². The van der Waals surface area contributed by atoms with E-state index in [-0.39, 0.29) is 17.6 Å². The molecule has 0 aliphatic carbocycles. The molecule has 1 atom stereocenters. The summed E-state index contributed by atoms with van der Waals surface area (Å²) in [6.45, 7) is 0.316. The molecule has 0 aliphatic rings. The highest BCUT2D eigenvalue weighted by Gasteiger charge is 2.29. The van der Waals surface area contributed by atoms with Gasteiger partial charge >= 0.3 is 0 Å². The van der Waals surface area contributed by atoms with Crippen LogP contribution in [0.5, 0.6) is 5.75 Å². The molecule has 5 nitrogen and oxygen atoms in total. The van der Waals surface area contributed by atoms with Gasteiger partial charge in [-0.1, -0.05) is 60.7 Å².